The van der Waals surface area contributed by atoms with Crippen LogP contribution in [0.2, 0.25) is 0 Å². The van der Waals surface area contributed by atoms with Gasteiger partial charge in [-0.05, 0) is 35.7 Å². The van der Waals surface area contributed by atoms with Crippen molar-refractivity contribution in [1.29, 1.82) is 0 Å². The van der Waals surface area contributed by atoms with Gasteiger partial charge in [-0.1, -0.05) is 30.3 Å². The minimum absolute atomic E-state index is 0.533. The number of aliphatic hydroxyl groups is 1. The molecule has 3 heteroatoms. The van der Waals surface area contributed by atoms with Gasteiger partial charge in [-0.25, -0.2) is 8.78 Å². The van der Waals surface area contributed by atoms with Crippen LogP contribution in [0.1, 0.15) is 18.6 Å². The molecule has 0 bridgehead atoms. The SMILES string of the molecule is CC(O)c1ccc(-c2ccc(F)c(F)c2)cc1. The van der Waals surface area contributed by atoms with E-state index in [1.165, 1.54) is 6.07 Å². The van der Waals surface area contributed by atoms with Gasteiger partial charge in [0.1, 0.15) is 0 Å². The third-order valence-corrected chi connectivity index (χ3v) is 2.65. The maximum absolute atomic E-state index is 13.1. The van der Waals surface area contributed by atoms with E-state index in [0.29, 0.717) is 5.56 Å². The van der Waals surface area contributed by atoms with E-state index in [4.69, 9.17) is 0 Å². The number of halogens is 2. The summed E-state index contributed by atoms with van der Waals surface area (Å²) >= 11 is 0. The smallest absolute Gasteiger partial charge is 0.159 e. The lowest BCUT2D eigenvalue weighted by atomic mass is 10.0. The Bertz CT molecular complexity index is 518. The maximum atomic E-state index is 13.1. The van der Waals surface area contributed by atoms with Gasteiger partial charge in [0.25, 0.3) is 0 Å². The Morgan fingerprint density at radius 3 is 2.00 bits per heavy atom. The Morgan fingerprint density at radius 1 is 0.882 bits per heavy atom. The average Bonchev–Trinajstić information content (AvgIpc) is 2.33. The van der Waals surface area contributed by atoms with Crippen LogP contribution < -0.4 is 0 Å². The van der Waals surface area contributed by atoms with Crippen molar-refractivity contribution in [3.63, 3.8) is 0 Å². The van der Waals surface area contributed by atoms with E-state index < -0.39 is 17.7 Å². The highest BCUT2D eigenvalue weighted by Crippen LogP contribution is 2.23. The molecule has 0 amide bonds. The molecule has 0 saturated heterocycles. The minimum Gasteiger partial charge on any atom is -0.389 e. The first-order valence-electron chi connectivity index (χ1n) is 5.31. The predicted octanol–water partition coefficient (Wildman–Crippen LogP) is 3.69. The summed E-state index contributed by atoms with van der Waals surface area (Å²) < 4.78 is 25.8. The summed E-state index contributed by atoms with van der Waals surface area (Å²) in [6.45, 7) is 1.67. The van der Waals surface area contributed by atoms with E-state index >= 15 is 0 Å². The zero-order chi connectivity index (χ0) is 12.4. The van der Waals surface area contributed by atoms with Gasteiger partial charge in [-0.15, -0.1) is 0 Å². The largest absolute Gasteiger partial charge is 0.389 e. The van der Waals surface area contributed by atoms with E-state index in [2.05, 4.69) is 0 Å². The standard InChI is InChI=1S/C14H12F2O/c1-9(17)10-2-4-11(5-3-10)12-6-7-13(15)14(16)8-12/h2-9,17H,1H3. The van der Waals surface area contributed by atoms with Crippen molar-refractivity contribution < 1.29 is 13.9 Å². The minimum atomic E-state index is -0.859. The number of aliphatic hydroxyl groups excluding tert-OH is 1. The highest BCUT2D eigenvalue weighted by Gasteiger charge is 2.05. The average molecular weight is 234 g/mol. The van der Waals surface area contributed by atoms with Crippen molar-refractivity contribution in [1.82, 2.24) is 0 Å². The van der Waals surface area contributed by atoms with E-state index in [1.54, 1.807) is 31.2 Å². The molecule has 0 spiro atoms. The molecule has 1 unspecified atom stereocenters. The first-order valence-corrected chi connectivity index (χ1v) is 5.31. The third-order valence-electron chi connectivity index (χ3n) is 2.65. The summed E-state index contributed by atoms with van der Waals surface area (Å²) in [5, 5.41) is 9.36. The van der Waals surface area contributed by atoms with Crippen molar-refractivity contribution in [2.45, 2.75) is 13.0 Å². The van der Waals surface area contributed by atoms with Crippen molar-refractivity contribution in [2.24, 2.45) is 0 Å². The fourth-order valence-electron chi connectivity index (χ4n) is 1.63. The molecule has 2 aromatic carbocycles. The molecule has 0 aliphatic rings. The summed E-state index contributed by atoms with van der Waals surface area (Å²) in [5.74, 6) is -1.71. The second-order valence-corrected chi connectivity index (χ2v) is 3.93. The zero-order valence-electron chi connectivity index (χ0n) is 9.32. The number of benzene rings is 2. The number of hydrogen-bond donors (Lipinski definition) is 1. The molecule has 0 aromatic heterocycles. The molecule has 0 fully saturated rings. The van der Waals surface area contributed by atoms with E-state index in [9.17, 15) is 13.9 Å². The van der Waals surface area contributed by atoms with Crippen molar-refractivity contribution in [3.8, 4) is 11.1 Å². The van der Waals surface area contributed by atoms with Gasteiger partial charge in [0, 0.05) is 0 Å². The van der Waals surface area contributed by atoms with Crippen LogP contribution in [-0.2, 0) is 0 Å². The number of hydrogen-bond acceptors (Lipinski definition) is 1. The van der Waals surface area contributed by atoms with Gasteiger partial charge in [0.15, 0.2) is 11.6 Å². The lowest BCUT2D eigenvalue weighted by molar-refractivity contribution is 0.199. The molecule has 1 atom stereocenters. The van der Waals surface area contributed by atoms with Gasteiger partial charge in [0.2, 0.25) is 0 Å². The summed E-state index contributed by atoms with van der Waals surface area (Å²) in [6, 6.07) is 10.9. The molecule has 0 aliphatic heterocycles. The summed E-state index contributed by atoms with van der Waals surface area (Å²) in [7, 11) is 0. The fraction of sp³-hybridized carbons (Fsp3) is 0.143. The zero-order valence-corrected chi connectivity index (χ0v) is 9.32. The summed E-state index contributed by atoms with van der Waals surface area (Å²) in [4.78, 5) is 0. The molecular formula is C14H12F2O. The van der Waals surface area contributed by atoms with Gasteiger partial charge in [0.05, 0.1) is 6.10 Å². The Balaban J connectivity index is 2.36. The molecule has 17 heavy (non-hydrogen) atoms. The van der Waals surface area contributed by atoms with Gasteiger partial charge < -0.3 is 5.11 Å². The molecule has 2 aromatic rings. The van der Waals surface area contributed by atoms with Crippen LogP contribution >= 0.6 is 0 Å². The summed E-state index contributed by atoms with van der Waals surface area (Å²) in [5.41, 5.74) is 2.19. The molecule has 0 aliphatic carbocycles. The van der Waals surface area contributed by atoms with Crippen LogP contribution in [0.15, 0.2) is 42.5 Å². The Labute approximate surface area is 98.3 Å². The second kappa shape index (κ2) is 4.63. The van der Waals surface area contributed by atoms with Crippen molar-refractivity contribution in [2.75, 3.05) is 0 Å². The summed E-state index contributed by atoms with van der Waals surface area (Å²) in [6.07, 6.45) is -0.533. The lowest BCUT2D eigenvalue weighted by Gasteiger charge is -2.06. The van der Waals surface area contributed by atoms with E-state index in [0.717, 1.165) is 23.3 Å². The molecule has 1 N–H and O–H groups in total. The highest BCUT2D eigenvalue weighted by atomic mass is 19.2. The van der Waals surface area contributed by atoms with Crippen molar-refractivity contribution in [3.05, 3.63) is 59.7 Å². The fourth-order valence-corrected chi connectivity index (χ4v) is 1.63. The number of rotatable bonds is 2. The first-order chi connectivity index (χ1) is 8.08. The molecule has 2 rings (SSSR count). The molecular weight excluding hydrogens is 222 g/mol. The molecule has 1 nitrogen and oxygen atoms in total. The van der Waals surface area contributed by atoms with Crippen LogP contribution in [-0.4, -0.2) is 5.11 Å². The molecule has 0 radical (unpaired) electrons. The van der Waals surface area contributed by atoms with Gasteiger partial charge in [-0.2, -0.15) is 0 Å². The Kier molecular flexibility index (Phi) is 3.20. The first kappa shape index (κ1) is 11.7. The van der Waals surface area contributed by atoms with Crippen molar-refractivity contribution >= 4 is 0 Å². The van der Waals surface area contributed by atoms with Crippen LogP contribution in [0.25, 0.3) is 11.1 Å². The highest BCUT2D eigenvalue weighted by molar-refractivity contribution is 5.63. The van der Waals surface area contributed by atoms with E-state index in [1.807, 2.05) is 0 Å². The normalized spacial score (nSPS) is 12.5. The monoisotopic (exact) mass is 234 g/mol. The quantitative estimate of drug-likeness (QED) is 0.840. The maximum Gasteiger partial charge on any atom is 0.159 e. The second-order valence-electron chi connectivity index (χ2n) is 3.93. The topological polar surface area (TPSA) is 20.2 Å². The van der Waals surface area contributed by atoms with E-state index in [-0.39, 0.29) is 0 Å². The van der Waals surface area contributed by atoms with Gasteiger partial charge >= 0.3 is 0 Å². The van der Waals surface area contributed by atoms with Gasteiger partial charge in [-0.3, -0.25) is 0 Å². The third kappa shape index (κ3) is 2.50. The van der Waals surface area contributed by atoms with Crippen LogP contribution in [0.5, 0.6) is 0 Å². The van der Waals surface area contributed by atoms with Crippen LogP contribution in [0, 0.1) is 11.6 Å². The molecule has 88 valence electrons. The Hall–Kier alpha value is -1.74. The Morgan fingerprint density at radius 2 is 1.47 bits per heavy atom. The van der Waals surface area contributed by atoms with Crippen LogP contribution in [0.4, 0.5) is 8.78 Å². The lowest BCUT2D eigenvalue weighted by Crippen LogP contribution is -1.90. The molecule has 0 saturated carbocycles. The van der Waals surface area contributed by atoms with Crippen LogP contribution in [0.3, 0.4) is 0 Å². The molecule has 0 heterocycles. The predicted molar refractivity (Wildman–Crippen MR) is 62.4 cm³/mol.